The fraction of sp³-hybridized carbons (Fsp3) is 0.300. The lowest BCUT2D eigenvalue weighted by atomic mass is 10.0. The standard InChI is InChI=1S/C10H9ClF2O3/c1-4-3-5(11)8(13)6(7(4)12)9(14)10(15)16-2/h3,9,14H,1-2H3. The summed E-state index contributed by atoms with van der Waals surface area (Å²) in [5.41, 5.74) is -0.763. The van der Waals surface area contributed by atoms with Crippen molar-refractivity contribution in [1.29, 1.82) is 0 Å². The van der Waals surface area contributed by atoms with E-state index in [0.717, 1.165) is 13.2 Å². The summed E-state index contributed by atoms with van der Waals surface area (Å²) in [4.78, 5) is 11.0. The van der Waals surface area contributed by atoms with E-state index in [1.165, 1.54) is 6.92 Å². The molecule has 3 nitrogen and oxygen atoms in total. The highest BCUT2D eigenvalue weighted by atomic mass is 35.5. The number of aliphatic hydroxyl groups is 1. The molecule has 1 atom stereocenters. The van der Waals surface area contributed by atoms with E-state index < -0.39 is 29.3 Å². The number of aliphatic hydroxyl groups excluding tert-OH is 1. The third kappa shape index (κ3) is 2.15. The first-order valence-electron chi connectivity index (χ1n) is 4.30. The summed E-state index contributed by atoms with van der Waals surface area (Å²) in [7, 11) is 0.999. The second-order valence-corrected chi connectivity index (χ2v) is 3.55. The number of hydrogen-bond acceptors (Lipinski definition) is 3. The minimum Gasteiger partial charge on any atom is -0.467 e. The molecular formula is C10H9ClF2O3. The molecule has 0 spiro atoms. The SMILES string of the molecule is COC(=O)C(O)c1c(F)c(C)cc(Cl)c1F. The van der Waals surface area contributed by atoms with E-state index >= 15 is 0 Å². The van der Waals surface area contributed by atoms with Gasteiger partial charge in [0.05, 0.1) is 17.7 Å². The third-order valence-corrected chi connectivity index (χ3v) is 2.34. The molecule has 0 bridgehead atoms. The van der Waals surface area contributed by atoms with E-state index in [0.29, 0.717) is 0 Å². The number of carbonyl (C=O) groups excluding carboxylic acids is 1. The average molecular weight is 251 g/mol. The van der Waals surface area contributed by atoms with Crippen LogP contribution in [0.1, 0.15) is 17.2 Å². The summed E-state index contributed by atoms with van der Waals surface area (Å²) in [6.07, 6.45) is -2.03. The third-order valence-electron chi connectivity index (χ3n) is 2.07. The molecule has 0 aliphatic heterocycles. The summed E-state index contributed by atoms with van der Waals surface area (Å²) < 4.78 is 31.2. The molecule has 0 heterocycles. The van der Waals surface area contributed by atoms with Gasteiger partial charge in [-0.25, -0.2) is 13.6 Å². The second kappa shape index (κ2) is 4.76. The van der Waals surface area contributed by atoms with Gasteiger partial charge < -0.3 is 9.84 Å². The van der Waals surface area contributed by atoms with Crippen molar-refractivity contribution in [2.24, 2.45) is 0 Å². The normalized spacial score (nSPS) is 12.4. The van der Waals surface area contributed by atoms with Gasteiger partial charge in [0.1, 0.15) is 5.82 Å². The molecule has 0 radical (unpaired) electrons. The van der Waals surface area contributed by atoms with Gasteiger partial charge in [0.25, 0.3) is 0 Å². The molecule has 0 fully saturated rings. The Labute approximate surface area is 95.6 Å². The number of esters is 1. The Bertz CT molecular complexity index is 408. The smallest absolute Gasteiger partial charge is 0.339 e. The van der Waals surface area contributed by atoms with Crippen LogP contribution >= 0.6 is 11.6 Å². The monoisotopic (exact) mass is 250 g/mol. The fourth-order valence-corrected chi connectivity index (χ4v) is 1.49. The van der Waals surface area contributed by atoms with E-state index in [2.05, 4.69) is 4.74 Å². The van der Waals surface area contributed by atoms with Gasteiger partial charge in [-0.1, -0.05) is 11.6 Å². The molecule has 1 unspecified atom stereocenters. The molecular weight excluding hydrogens is 242 g/mol. The topological polar surface area (TPSA) is 46.5 Å². The van der Waals surface area contributed by atoms with Gasteiger partial charge in [0, 0.05) is 0 Å². The average Bonchev–Trinajstić information content (AvgIpc) is 2.25. The second-order valence-electron chi connectivity index (χ2n) is 3.14. The quantitative estimate of drug-likeness (QED) is 0.646. The highest BCUT2D eigenvalue weighted by Crippen LogP contribution is 2.29. The molecule has 6 heteroatoms. The molecule has 88 valence electrons. The summed E-state index contributed by atoms with van der Waals surface area (Å²) in [5.74, 6) is -3.33. The number of rotatable bonds is 2. The molecule has 1 aromatic carbocycles. The van der Waals surface area contributed by atoms with Gasteiger partial charge in [-0.3, -0.25) is 0 Å². The van der Waals surface area contributed by atoms with Crippen LogP contribution in [-0.2, 0) is 9.53 Å². The van der Waals surface area contributed by atoms with Crippen LogP contribution in [0.25, 0.3) is 0 Å². The summed E-state index contributed by atoms with van der Waals surface area (Å²) in [5, 5.41) is 9.02. The first-order chi connectivity index (χ1) is 7.40. The van der Waals surface area contributed by atoms with Crippen LogP contribution in [0.2, 0.25) is 5.02 Å². The van der Waals surface area contributed by atoms with Crippen molar-refractivity contribution in [2.45, 2.75) is 13.0 Å². The molecule has 0 aliphatic rings. The maximum absolute atomic E-state index is 13.5. The van der Waals surface area contributed by atoms with Crippen molar-refractivity contribution >= 4 is 17.6 Å². The van der Waals surface area contributed by atoms with Gasteiger partial charge in [-0.2, -0.15) is 0 Å². The van der Waals surface area contributed by atoms with Gasteiger partial charge in [-0.15, -0.1) is 0 Å². The molecule has 1 N–H and O–H groups in total. The van der Waals surface area contributed by atoms with Crippen LogP contribution in [0.5, 0.6) is 0 Å². The maximum atomic E-state index is 13.5. The Morgan fingerprint density at radius 2 is 2.06 bits per heavy atom. The van der Waals surface area contributed by atoms with Crippen LogP contribution in [0.3, 0.4) is 0 Å². The highest BCUT2D eigenvalue weighted by Gasteiger charge is 2.28. The highest BCUT2D eigenvalue weighted by molar-refractivity contribution is 6.30. The number of halogens is 3. The van der Waals surface area contributed by atoms with Gasteiger partial charge >= 0.3 is 5.97 Å². The van der Waals surface area contributed by atoms with E-state index in [4.69, 9.17) is 11.6 Å². The zero-order chi connectivity index (χ0) is 12.5. The largest absolute Gasteiger partial charge is 0.467 e. The van der Waals surface area contributed by atoms with Crippen LogP contribution in [-0.4, -0.2) is 18.2 Å². The number of benzene rings is 1. The number of hydrogen-bond donors (Lipinski definition) is 1. The predicted octanol–water partition coefficient (Wildman–Crippen LogP) is 2.13. The Kier molecular flexibility index (Phi) is 3.83. The van der Waals surface area contributed by atoms with Crippen molar-refractivity contribution in [3.05, 3.63) is 33.9 Å². The maximum Gasteiger partial charge on any atom is 0.339 e. The van der Waals surface area contributed by atoms with Crippen molar-refractivity contribution < 1.29 is 23.4 Å². The van der Waals surface area contributed by atoms with Crippen LogP contribution < -0.4 is 0 Å². The molecule has 0 amide bonds. The van der Waals surface area contributed by atoms with Crippen molar-refractivity contribution in [3.63, 3.8) is 0 Å². The molecule has 0 saturated heterocycles. The minimum atomic E-state index is -2.03. The zero-order valence-electron chi connectivity index (χ0n) is 8.55. The Hall–Kier alpha value is -1.20. The zero-order valence-corrected chi connectivity index (χ0v) is 9.31. The van der Waals surface area contributed by atoms with Gasteiger partial charge in [0.15, 0.2) is 11.9 Å². The number of ether oxygens (including phenoxy) is 1. The van der Waals surface area contributed by atoms with Crippen LogP contribution in [0.4, 0.5) is 8.78 Å². The van der Waals surface area contributed by atoms with E-state index in [1.54, 1.807) is 0 Å². The first kappa shape index (κ1) is 12.9. The lowest BCUT2D eigenvalue weighted by Gasteiger charge is -2.13. The Balaban J connectivity index is 3.37. The van der Waals surface area contributed by atoms with Gasteiger partial charge in [-0.05, 0) is 18.6 Å². The Morgan fingerprint density at radius 3 is 2.56 bits per heavy atom. The minimum absolute atomic E-state index is 0.0318. The Morgan fingerprint density at radius 1 is 1.50 bits per heavy atom. The molecule has 1 rings (SSSR count). The molecule has 0 saturated carbocycles. The van der Waals surface area contributed by atoms with Crippen LogP contribution in [0, 0.1) is 18.6 Å². The number of methoxy groups -OCH3 is 1. The fourth-order valence-electron chi connectivity index (χ4n) is 1.22. The number of carbonyl (C=O) groups is 1. The first-order valence-corrected chi connectivity index (χ1v) is 4.67. The molecule has 0 aromatic heterocycles. The van der Waals surface area contributed by atoms with E-state index in [9.17, 15) is 18.7 Å². The lowest BCUT2D eigenvalue weighted by molar-refractivity contribution is -0.151. The molecule has 16 heavy (non-hydrogen) atoms. The number of aryl methyl sites for hydroxylation is 1. The summed E-state index contributed by atoms with van der Waals surface area (Å²) in [6.45, 7) is 1.34. The van der Waals surface area contributed by atoms with Gasteiger partial charge in [0.2, 0.25) is 0 Å². The van der Waals surface area contributed by atoms with Crippen molar-refractivity contribution in [2.75, 3.05) is 7.11 Å². The van der Waals surface area contributed by atoms with Crippen LogP contribution in [0.15, 0.2) is 6.07 Å². The lowest BCUT2D eigenvalue weighted by Crippen LogP contribution is -2.17. The molecule has 0 aliphatic carbocycles. The van der Waals surface area contributed by atoms with E-state index in [1.807, 2.05) is 0 Å². The van der Waals surface area contributed by atoms with Crippen molar-refractivity contribution in [1.82, 2.24) is 0 Å². The summed E-state index contributed by atoms with van der Waals surface area (Å²) >= 11 is 5.48. The van der Waals surface area contributed by atoms with E-state index in [-0.39, 0.29) is 10.6 Å². The molecule has 1 aromatic rings. The summed E-state index contributed by atoms with van der Waals surface area (Å²) in [6, 6.07) is 1.07. The van der Waals surface area contributed by atoms with Crippen molar-refractivity contribution in [3.8, 4) is 0 Å². The predicted molar refractivity (Wildman–Crippen MR) is 53.1 cm³/mol.